The molecule has 0 radical (unpaired) electrons. The molecular weight excluding hydrogens is 480 g/mol. The SMILES string of the molecule is O=C(O)CCCCc1nc2cc(-c3cn(-c4ccc(F)cc4)nn3)ccc2c(=O)n1-c1ccc(F)cc1. The molecule has 0 atom stereocenters. The van der Waals surface area contributed by atoms with Crippen LogP contribution in [0, 0.1) is 11.6 Å². The lowest BCUT2D eigenvalue weighted by Crippen LogP contribution is -2.24. The van der Waals surface area contributed by atoms with Crippen molar-refractivity contribution in [2.75, 3.05) is 0 Å². The minimum Gasteiger partial charge on any atom is -0.481 e. The van der Waals surface area contributed by atoms with Gasteiger partial charge in [0.1, 0.15) is 23.2 Å². The van der Waals surface area contributed by atoms with Crippen LogP contribution in [0.2, 0.25) is 0 Å². The number of halogens is 2. The minimum atomic E-state index is -0.888. The first kappa shape index (κ1) is 24.0. The van der Waals surface area contributed by atoms with Gasteiger partial charge in [-0.05, 0) is 73.5 Å². The Balaban J connectivity index is 1.55. The summed E-state index contributed by atoms with van der Waals surface area (Å²) < 4.78 is 29.7. The van der Waals surface area contributed by atoms with Crippen LogP contribution in [0.5, 0.6) is 0 Å². The van der Waals surface area contributed by atoms with Gasteiger partial charge in [0.15, 0.2) is 0 Å². The van der Waals surface area contributed by atoms with Crippen LogP contribution >= 0.6 is 0 Å². The van der Waals surface area contributed by atoms with E-state index in [9.17, 15) is 18.4 Å². The number of aryl methyl sites for hydroxylation is 1. The molecule has 8 nitrogen and oxygen atoms in total. The zero-order valence-electron chi connectivity index (χ0n) is 19.5. The quantitative estimate of drug-likeness (QED) is 0.309. The average Bonchev–Trinajstić information content (AvgIpc) is 3.38. The molecule has 37 heavy (non-hydrogen) atoms. The molecule has 0 aliphatic heterocycles. The molecule has 0 bridgehead atoms. The Morgan fingerprint density at radius 3 is 2.24 bits per heavy atom. The van der Waals surface area contributed by atoms with Crippen molar-refractivity contribution >= 4 is 16.9 Å². The van der Waals surface area contributed by atoms with Crippen molar-refractivity contribution in [2.24, 2.45) is 0 Å². The molecule has 3 aromatic carbocycles. The number of aliphatic carboxylic acids is 1. The van der Waals surface area contributed by atoms with Gasteiger partial charge in [0.05, 0.1) is 28.5 Å². The van der Waals surface area contributed by atoms with Gasteiger partial charge in [0.25, 0.3) is 5.56 Å². The molecule has 0 unspecified atom stereocenters. The summed E-state index contributed by atoms with van der Waals surface area (Å²) in [6.45, 7) is 0. The number of carboxylic acid groups (broad SMARTS) is 1. The van der Waals surface area contributed by atoms with Crippen molar-refractivity contribution in [1.29, 1.82) is 0 Å². The number of hydrogen-bond donors (Lipinski definition) is 1. The summed E-state index contributed by atoms with van der Waals surface area (Å²) in [5, 5.41) is 17.6. The molecule has 0 saturated heterocycles. The van der Waals surface area contributed by atoms with E-state index in [0.29, 0.717) is 58.6 Å². The second-order valence-corrected chi connectivity index (χ2v) is 8.50. The topological polar surface area (TPSA) is 103 Å². The average molecular weight is 501 g/mol. The summed E-state index contributed by atoms with van der Waals surface area (Å²) >= 11 is 0. The number of fused-ring (bicyclic) bond motifs is 1. The second kappa shape index (κ2) is 10.1. The fourth-order valence-corrected chi connectivity index (χ4v) is 4.09. The molecule has 2 aromatic heterocycles. The summed E-state index contributed by atoms with van der Waals surface area (Å²) in [5.74, 6) is -1.22. The van der Waals surface area contributed by atoms with Gasteiger partial charge >= 0.3 is 5.97 Å². The highest BCUT2D eigenvalue weighted by atomic mass is 19.1. The van der Waals surface area contributed by atoms with Gasteiger partial charge in [-0.3, -0.25) is 14.2 Å². The Bertz CT molecular complexity index is 1640. The molecular formula is C27H21F2N5O3. The summed E-state index contributed by atoms with van der Waals surface area (Å²) in [4.78, 5) is 29.2. The molecule has 0 aliphatic rings. The third-order valence-corrected chi connectivity index (χ3v) is 5.95. The molecule has 0 aliphatic carbocycles. The lowest BCUT2D eigenvalue weighted by Gasteiger charge is -2.14. The number of hydrogen-bond acceptors (Lipinski definition) is 5. The van der Waals surface area contributed by atoms with Gasteiger partial charge in [-0.2, -0.15) is 0 Å². The number of benzene rings is 3. The van der Waals surface area contributed by atoms with E-state index in [-0.39, 0.29) is 17.8 Å². The minimum absolute atomic E-state index is 0.0161. The fraction of sp³-hybridized carbons (Fsp3) is 0.148. The van der Waals surface area contributed by atoms with Crippen LogP contribution in [0.1, 0.15) is 25.1 Å². The van der Waals surface area contributed by atoms with Crippen LogP contribution in [0.3, 0.4) is 0 Å². The summed E-state index contributed by atoms with van der Waals surface area (Å²) in [7, 11) is 0. The third kappa shape index (κ3) is 5.13. The van der Waals surface area contributed by atoms with Crippen molar-refractivity contribution in [3.63, 3.8) is 0 Å². The van der Waals surface area contributed by atoms with E-state index in [1.165, 1.54) is 45.6 Å². The van der Waals surface area contributed by atoms with E-state index in [2.05, 4.69) is 10.3 Å². The molecule has 2 heterocycles. The molecule has 0 amide bonds. The first-order valence-corrected chi connectivity index (χ1v) is 11.6. The van der Waals surface area contributed by atoms with Gasteiger partial charge in [-0.25, -0.2) is 18.4 Å². The lowest BCUT2D eigenvalue weighted by molar-refractivity contribution is -0.137. The number of rotatable bonds is 8. The maximum atomic E-state index is 13.5. The molecule has 0 saturated carbocycles. The van der Waals surface area contributed by atoms with Crippen molar-refractivity contribution in [1.82, 2.24) is 24.5 Å². The standard InChI is InChI=1S/C27H21F2N5O3/c28-18-6-10-20(11-7-18)33-16-24(31-32-33)17-5-14-22-23(15-17)30-25(3-1-2-4-26(35)36)34(27(22)37)21-12-8-19(29)9-13-21/h5-16H,1-4H2,(H,35,36). The van der Waals surface area contributed by atoms with Gasteiger partial charge in [-0.1, -0.05) is 11.3 Å². The Morgan fingerprint density at radius 2 is 1.57 bits per heavy atom. The van der Waals surface area contributed by atoms with Gasteiger partial charge in [0, 0.05) is 18.4 Å². The van der Waals surface area contributed by atoms with E-state index in [1.54, 1.807) is 36.5 Å². The first-order chi connectivity index (χ1) is 17.9. The normalized spacial score (nSPS) is 11.2. The van der Waals surface area contributed by atoms with Crippen LogP contribution in [0.4, 0.5) is 8.78 Å². The summed E-state index contributed by atoms with van der Waals surface area (Å²) in [6, 6.07) is 16.5. The van der Waals surface area contributed by atoms with Crippen LogP contribution in [0.15, 0.2) is 77.7 Å². The van der Waals surface area contributed by atoms with Gasteiger partial charge in [-0.15, -0.1) is 5.10 Å². The molecule has 0 fully saturated rings. The van der Waals surface area contributed by atoms with Gasteiger partial charge in [0.2, 0.25) is 0 Å². The number of carbonyl (C=O) groups is 1. The summed E-state index contributed by atoms with van der Waals surface area (Å²) in [6.07, 6.45) is 3.01. The molecule has 1 N–H and O–H groups in total. The number of nitrogens with zero attached hydrogens (tertiary/aromatic N) is 5. The maximum absolute atomic E-state index is 13.5. The Morgan fingerprint density at radius 1 is 0.892 bits per heavy atom. The molecule has 5 rings (SSSR count). The van der Waals surface area contributed by atoms with Crippen LogP contribution in [-0.2, 0) is 11.2 Å². The van der Waals surface area contributed by atoms with E-state index in [1.807, 2.05) is 0 Å². The van der Waals surface area contributed by atoms with Crippen molar-refractivity contribution in [3.8, 4) is 22.6 Å². The monoisotopic (exact) mass is 501 g/mol. The number of carboxylic acids is 1. The zero-order valence-corrected chi connectivity index (χ0v) is 19.5. The highest BCUT2D eigenvalue weighted by Gasteiger charge is 2.15. The summed E-state index contributed by atoms with van der Waals surface area (Å²) in [5.41, 5.74) is 2.48. The number of unbranched alkanes of at least 4 members (excludes halogenated alkanes) is 1. The van der Waals surface area contributed by atoms with Crippen LogP contribution < -0.4 is 5.56 Å². The fourth-order valence-electron chi connectivity index (χ4n) is 4.09. The Kier molecular flexibility index (Phi) is 6.55. The van der Waals surface area contributed by atoms with Gasteiger partial charge < -0.3 is 5.11 Å². The van der Waals surface area contributed by atoms with Crippen molar-refractivity contribution in [2.45, 2.75) is 25.7 Å². The Hall–Kier alpha value is -4.73. The van der Waals surface area contributed by atoms with Crippen molar-refractivity contribution < 1.29 is 18.7 Å². The third-order valence-electron chi connectivity index (χ3n) is 5.95. The van der Waals surface area contributed by atoms with Crippen LogP contribution in [0.25, 0.3) is 33.5 Å². The number of aromatic nitrogens is 5. The predicted molar refractivity (Wildman–Crippen MR) is 133 cm³/mol. The highest BCUT2D eigenvalue weighted by Crippen LogP contribution is 2.23. The molecule has 10 heteroatoms. The highest BCUT2D eigenvalue weighted by molar-refractivity contribution is 5.83. The molecule has 186 valence electrons. The largest absolute Gasteiger partial charge is 0.481 e. The lowest BCUT2D eigenvalue weighted by atomic mass is 10.1. The van der Waals surface area contributed by atoms with E-state index in [0.717, 1.165) is 0 Å². The second-order valence-electron chi connectivity index (χ2n) is 8.50. The van der Waals surface area contributed by atoms with Crippen molar-refractivity contribution in [3.05, 3.63) is 101 Å². The van der Waals surface area contributed by atoms with E-state index >= 15 is 0 Å². The Labute approximate surface area is 209 Å². The van der Waals surface area contributed by atoms with E-state index < -0.39 is 11.8 Å². The maximum Gasteiger partial charge on any atom is 0.303 e. The predicted octanol–water partition coefficient (Wildman–Crippen LogP) is 4.71. The zero-order chi connectivity index (χ0) is 25.9. The van der Waals surface area contributed by atoms with Crippen LogP contribution in [-0.4, -0.2) is 35.6 Å². The van der Waals surface area contributed by atoms with E-state index in [4.69, 9.17) is 10.1 Å². The molecule has 5 aromatic rings. The molecule has 0 spiro atoms. The first-order valence-electron chi connectivity index (χ1n) is 11.6. The smallest absolute Gasteiger partial charge is 0.303 e.